The summed E-state index contributed by atoms with van der Waals surface area (Å²) in [6.07, 6.45) is 3.13. The van der Waals surface area contributed by atoms with Crippen LogP contribution in [0.3, 0.4) is 0 Å². The largest absolute Gasteiger partial charge is 0.481 e. The lowest BCUT2D eigenvalue weighted by Gasteiger charge is -2.42. The van der Waals surface area contributed by atoms with Gasteiger partial charge in [0, 0.05) is 13.5 Å². The van der Waals surface area contributed by atoms with E-state index in [1.807, 2.05) is 0 Å². The number of carboxylic acids is 1. The van der Waals surface area contributed by atoms with Gasteiger partial charge in [0.1, 0.15) is 0 Å². The molecule has 1 saturated carbocycles. The van der Waals surface area contributed by atoms with Crippen LogP contribution >= 0.6 is 0 Å². The number of nitrogens with one attached hydrogen (secondary N) is 1. The highest BCUT2D eigenvalue weighted by Gasteiger charge is 2.52. The molecule has 90 valence electrons. The molecule has 0 bridgehead atoms. The van der Waals surface area contributed by atoms with E-state index in [0.29, 0.717) is 19.4 Å². The molecule has 0 aromatic carbocycles. The van der Waals surface area contributed by atoms with E-state index in [2.05, 4.69) is 5.32 Å². The first kappa shape index (κ1) is 11.4. The fraction of sp³-hybridized carbons (Fsp3) is 0.818. The number of rotatable bonds is 3. The Morgan fingerprint density at radius 2 is 2.19 bits per heavy atom. The first-order valence-electron chi connectivity index (χ1n) is 5.66. The van der Waals surface area contributed by atoms with Crippen molar-refractivity contribution < 1.29 is 19.4 Å². The summed E-state index contributed by atoms with van der Waals surface area (Å²) in [7, 11) is 0. The summed E-state index contributed by atoms with van der Waals surface area (Å²) in [6.45, 7) is 2.02. The molecule has 1 saturated heterocycles. The lowest BCUT2D eigenvalue weighted by Crippen LogP contribution is -2.47. The second-order valence-electron chi connectivity index (χ2n) is 4.84. The van der Waals surface area contributed by atoms with Crippen LogP contribution in [0, 0.1) is 5.92 Å². The smallest absolute Gasteiger partial charge is 0.306 e. The molecule has 1 aliphatic heterocycles. The molecule has 16 heavy (non-hydrogen) atoms. The molecule has 5 heteroatoms. The lowest BCUT2D eigenvalue weighted by molar-refractivity contribution is -0.165. The third-order valence-corrected chi connectivity index (χ3v) is 3.50. The van der Waals surface area contributed by atoms with Gasteiger partial charge in [-0.15, -0.1) is 0 Å². The predicted octanol–water partition coefficient (Wildman–Crippen LogP) is 0.535. The highest BCUT2D eigenvalue weighted by molar-refractivity contribution is 5.73. The van der Waals surface area contributed by atoms with Gasteiger partial charge in [0.15, 0.2) is 0 Å². The summed E-state index contributed by atoms with van der Waals surface area (Å²) in [5, 5.41) is 11.5. The van der Waals surface area contributed by atoms with Crippen LogP contribution in [0.5, 0.6) is 0 Å². The van der Waals surface area contributed by atoms with Crippen LogP contribution in [0.4, 0.5) is 0 Å². The van der Waals surface area contributed by atoms with Crippen molar-refractivity contribution >= 4 is 11.9 Å². The molecule has 0 aromatic rings. The molecule has 1 spiro atoms. The van der Waals surface area contributed by atoms with Crippen molar-refractivity contribution in [2.24, 2.45) is 5.92 Å². The minimum absolute atomic E-state index is 0.0541. The summed E-state index contributed by atoms with van der Waals surface area (Å²) in [6, 6.07) is 0. The third kappa shape index (κ3) is 2.19. The minimum Gasteiger partial charge on any atom is -0.481 e. The van der Waals surface area contributed by atoms with Gasteiger partial charge in [-0.1, -0.05) is 0 Å². The topological polar surface area (TPSA) is 75.6 Å². The summed E-state index contributed by atoms with van der Waals surface area (Å²) in [4.78, 5) is 21.4. The summed E-state index contributed by atoms with van der Waals surface area (Å²) >= 11 is 0. The fourth-order valence-corrected chi connectivity index (χ4v) is 2.61. The zero-order valence-corrected chi connectivity index (χ0v) is 9.36. The van der Waals surface area contributed by atoms with E-state index in [1.165, 1.54) is 6.92 Å². The van der Waals surface area contributed by atoms with E-state index < -0.39 is 5.97 Å². The van der Waals surface area contributed by atoms with E-state index in [9.17, 15) is 9.59 Å². The molecule has 0 aromatic heterocycles. The SMILES string of the molecule is CC(=O)NCC1CCC2(CC(C(=O)O)C2)O1. The van der Waals surface area contributed by atoms with E-state index in [1.54, 1.807) is 0 Å². The Bertz CT molecular complexity index is 309. The van der Waals surface area contributed by atoms with Crippen LogP contribution in [0.25, 0.3) is 0 Å². The second kappa shape index (κ2) is 4.05. The zero-order chi connectivity index (χ0) is 11.8. The average molecular weight is 227 g/mol. The number of hydrogen-bond donors (Lipinski definition) is 2. The van der Waals surface area contributed by atoms with Crippen molar-refractivity contribution in [2.45, 2.75) is 44.3 Å². The van der Waals surface area contributed by atoms with Gasteiger partial charge in [-0.25, -0.2) is 0 Å². The van der Waals surface area contributed by atoms with E-state index in [0.717, 1.165) is 12.8 Å². The van der Waals surface area contributed by atoms with E-state index in [4.69, 9.17) is 9.84 Å². The molecular formula is C11H17NO4. The Kier molecular flexibility index (Phi) is 2.88. The molecule has 2 rings (SSSR count). The quantitative estimate of drug-likeness (QED) is 0.737. The highest BCUT2D eigenvalue weighted by Crippen LogP contribution is 2.49. The molecule has 1 heterocycles. The van der Waals surface area contributed by atoms with Crippen molar-refractivity contribution in [1.82, 2.24) is 5.32 Å². The van der Waals surface area contributed by atoms with Gasteiger partial charge < -0.3 is 15.2 Å². The van der Waals surface area contributed by atoms with Crippen molar-refractivity contribution in [2.75, 3.05) is 6.54 Å². The Labute approximate surface area is 94.2 Å². The molecule has 2 N–H and O–H groups in total. The number of carbonyl (C=O) groups excluding carboxylic acids is 1. The average Bonchev–Trinajstić information content (AvgIpc) is 2.56. The molecule has 2 aliphatic rings. The number of hydrogen-bond acceptors (Lipinski definition) is 3. The normalized spacial score (nSPS) is 37.1. The molecule has 1 atom stereocenters. The maximum Gasteiger partial charge on any atom is 0.306 e. The van der Waals surface area contributed by atoms with Crippen molar-refractivity contribution in [1.29, 1.82) is 0 Å². The van der Waals surface area contributed by atoms with Crippen molar-refractivity contribution in [3.05, 3.63) is 0 Å². The van der Waals surface area contributed by atoms with Gasteiger partial charge in [0.05, 0.1) is 17.6 Å². The predicted molar refractivity (Wildman–Crippen MR) is 55.9 cm³/mol. The number of aliphatic carboxylic acids is 1. The summed E-state index contributed by atoms with van der Waals surface area (Å²) in [5.74, 6) is -1.01. The third-order valence-electron chi connectivity index (χ3n) is 3.50. The highest BCUT2D eigenvalue weighted by atomic mass is 16.5. The maximum atomic E-state index is 10.7. The van der Waals surface area contributed by atoms with Gasteiger partial charge >= 0.3 is 5.97 Å². The zero-order valence-electron chi connectivity index (χ0n) is 9.36. The van der Waals surface area contributed by atoms with E-state index in [-0.39, 0.29) is 23.5 Å². The van der Waals surface area contributed by atoms with Crippen molar-refractivity contribution in [3.63, 3.8) is 0 Å². The Balaban J connectivity index is 1.77. The first-order valence-corrected chi connectivity index (χ1v) is 5.66. The molecule has 0 radical (unpaired) electrons. The first-order chi connectivity index (χ1) is 7.51. The molecular weight excluding hydrogens is 210 g/mol. The Hall–Kier alpha value is -1.10. The lowest BCUT2D eigenvalue weighted by atomic mass is 9.69. The summed E-state index contributed by atoms with van der Waals surface area (Å²) < 4.78 is 5.84. The van der Waals surface area contributed by atoms with Crippen LogP contribution in [0.15, 0.2) is 0 Å². The van der Waals surface area contributed by atoms with Crippen molar-refractivity contribution in [3.8, 4) is 0 Å². The molecule has 5 nitrogen and oxygen atoms in total. The summed E-state index contributed by atoms with van der Waals surface area (Å²) in [5.41, 5.74) is -0.202. The number of carboxylic acid groups (broad SMARTS) is 1. The fourth-order valence-electron chi connectivity index (χ4n) is 2.61. The number of amides is 1. The van der Waals surface area contributed by atoms with Gasteiger partial charge in [-0.3, -0.25) is 9.59 Å². The van der Waals surface area contributed by atoms with Crippen LogP contribution in [-0.2, 0) is 14.3 Å². The molecule has 1 aliphatic carbocycles. The minimum atomic E-state index is -0.723. The van der Waals surface area contributed by atoms with Crippen LogP contribution < -0.4 is 5.32 Å². The van der Waals surface area contributed by atoms with Gasteiger partial charge in [0.2, 0.25) is 5.91 Å². The second-order valence-corrected chi connectivity index (χ2v) is 4.84. The standard InChI is InChI=1S/C11H17NO4/c1-7(13)12-6-9-2-3-11(16-9)4-8(5-11)10(14)15/h8-9H,2-6H2,1H3,(H,12,13)(H,14,15). The van der Waals surface area contributed by atoms with E-state index >= 15 is 0 Å². The van der Waals surface area contributed by atoms with Crippen LogP contribution in [0.1, 0.15) is 32.6 Å². The van der Waals surface area contributed by atoms with Gasteiger partial charge in [-0.2, -0.15) is 0 Å². The van der Waals surface area contributed by atoms with Crippen LogP contribution in [-0.4, -0.2) is 35.2 Å². The Morgan fingerprint density at radius 3 is 2.75 bits per heavy atom. The monoisotopic (exact) mass is 227 g/mol. The van der Waals surface area contributed by atoms with Gasteiger partial charge in [-0.05, 0) is 25.7 Å². The van der Waals surface area contributed by atoms with Gasteiger partial charge in [0.25, 0.3) is 0 Å². The maximum absolute atomic E-state index is 10.7. The number of ether oxygens (including phenoxy) is 1. The Morgan fingerprint density at radius 1 is 1.50 bits per heavy atom. The number of carbonyl (C=O) groups is 2. The van der Waals surface area contributed by atoms with Crippen LogP contribution in [0.2, 0.25) is 0 Å². The molecule has 1 amide bonds. The molecule has 2 fully saturated rings. The molecule has 1 unspecified atom stereocenters.